The van der Waals surface area contributed by atoms with Crippen LogP contribution in [0.25, 0.3) is 10.2 Å². The van der Waals surface area contributed by atoms with Crippen LogP contribution in [0.15, 0.2) is 53.5 Å². The minimum absolute atomic E-state index is 0.155. The maximum Gasteiger partial charge on any atom is 0.338 e. The van der Waals surface area contributed by atoms with Gasteiger partial charge in [0.05, 0.1) is 29.0 Å². The van der Waals surface area contributed by atoms with Gasteiger partial charge in [-0.25, -0.2) is 4.79 Å². The summed E-state index contributed by atoms with van der Waals surface area (Å²) in [6.45, 7) is 5.49. The zero-order chi connectivity index (χ0) is 21.3. The Morgan fingerprint density at radius 2 is 1.87 bits per heavy atom. The van der Waals surface area contributed by atoms with E-state index in [0.29, 0.717) is 42.5 Å². The predicted octanol–water partition coefficient (Wildman–Crippen LogP) is 3.42. The molecule has 0 saturated heterocycles. The summed E-state index contributed by atoms with van der Waals surface area (Å²) in [7, 11) is 0. The summed E-state index contributed by atoms with van der Waals surface area (Å²) < 4.78 is 18.8. The number of hydrogen-bond acceptors (Lipinski definition) is 6. The van der Waals surface area contributed by atoms with E-state index in [9.17, 15) is 9.59 Å². The number of hydrogen-bond donors (Lipinski definition) is 0. The van der Waals surface area contributed by atoms with Gasteiger partial charge in [-0.3, -0.25) is 4.79 Å². The number of amides is 1. The van der Waals surface area contributed by atoms with Gasteiger partial charge >= 0.3 is 5.97 Å². The van der Waals surface area contributed by atoms with Gasteiger partial charge in [-0.05, 0) is 44.2 Å². The van der Waals surface area contributed by atoms with Crippen LogP contribution >= 0.6 is 11.3 Å². The minimum Gasteiger partial charge on any atom is -0.484 e. The normalized spacial score (nSPS) is 11.6. The fraction of sp³-hybridized carbons (Fsp3) is 0.318. The lowest BCUT2D eigenvalue weighted by Crippen LogP contribution is -2.21. The lowest BCUT2D eigenvalue weighted by atomic mass is 10.2. The third kappa shape index (κ3) is 5.55. The fourth-order valence-corrected chi connectivity index (χ4v) is 3.93. The van der Waals surface area contributed by atoms with E-state index >= 15 is 0 Å². The lowest BCUT2D eigenvalue weighted by molar-refractivity contribution is -0.120. The topological polar surface area (TPSA) is 79.1 Å². The van der Waals surface area contributed by atoms with Crippen molar-refractivity contribution in [3.63, 3.8) is 0 Å². The standard InChI is InChI=1S/C22H24N2O5S/c1-3-27-13-12-24-18-11-10-16(21(26)28-4-2)14-19(18)30-22(24)23-20(25)15-29-17-8-6-5-7-9-17/h5-11,14H,3-4,12-13,15H2,1-2H3. The van der Waals surface area contributed by atoms with E-state index in [1.165, 1.54) is 11.3 Å². The molecule has 30 heavy (non-hydrogen) atoms. The van der Waals surface area contributed by atoms with Crippen molar-refractivity contribution in [1.82, 2.24) is 4.57 Å². The van der Waals surface area contributed by atoms with Gasteiger partial charge in [0.1, 0.15) is 5.75 Å². The van der Waals surface area contributed by atoms with E-state index in [-0.39, 0.29) is 18.5 Å². The molecular formula is C22H24N2O5S. The van der Waals surface area contributed by atoms with Crippen LogP contribution in [0.5, 0.6) is 5.75 Å². The average molecular weight is 429 g/mol. The molecule has 0 atom stereocenters. The average Bonchev–Trinajstić information content (AvgIpc) is 3.09. The molecule has 1 aromatic heterocycles. The van der Waals surface area contributed by atoms with Crippen molar-refractivity contribution in [2.24, 2.45) is 4.99 Å². The molecule has 0 unspecified atom stereocenters. The van der Waals surface area contributed by atoms with E-state index in [2.05, 4.69) is 4.99 Å². The number of benzene rings is 2. The monoisotopic (exact) mass is 428 g/mol. The van der Waals surface area contributed by atoms with E-state index in [1.54, 1.807) is 31.2 Å². The van der Waals surface area contributed by atoms with Crippen molar-refractivity contribution >= 4 is 33.4 Å². The van der Waals surface area contributed by atoms with Crippen LogP contribution < -0.4 is 9.54 Å². The number of carbonyl (C=O) groups excluding carboxylic acids is 2. The van der Waals surface area contributed by atoms with Crippen LogP contribution in [-0.4, -0.2) is 42.9 Å². The SMILES string of the molecule is CCOCCn1c(=NC(=O)COc2ccccc2)sc2cc(C(=O)OCC)ccc21. The molecule has 1 amide bonds. The number of nitrogens with zero attached hydrogens (tertiary/aromatic N) is 2. The molecule has 0 bridgehead atoms. The minimum atomic E-state index is -0.388. The summed E-state index contributed by atoms with van der Waals surface area (Å²) in [5, 5.41) is 0. The van der Waals surface area contributed by atoms with Crippen molar-refractivity contribution in [2.75, 3.05) is 26.4 Å². The predicted molar refractivity (Wildman–Crippen MR) is 115 cm³/mol. The van der Waals surface area contributed by atoms with Crippen LogP contribution in [0.3, 0.4) is 0 Å². The third-order valence-corrected chi connectivity index (χ3v) is 5.22. The number of aromatic nitrogens is 1. The largest absolute Gasteiger partial charge is 0.484 e. The second kappa shape index (κ2) is 10.7. The molecule has 0 fully saturated rings. The number of thiazole rings is 1. The summed E-state index contributed by atoms with van der Waals surface area (Å²) >= 11 is 1.34. The van der Waals surface area contributed by atoms with E-state index in [4.69, 9.17) is 14.2 Å². The first kappa shape index (κ1) is 21.7. The molecule has 3 aromatic rings. The zero-order valence-corrected chi connectivity index (χ0v) is 17.8. The molecule has 158 valence electrons. The molecule has 7 nitrogen and oxygen atoms in total. The first-order valence-corrected chi connectivity index (χ1v) is 10.6. The Hall–Kier alpha value is -2.97. The Labute approximate surface area is 178 Å². The van der Waals surface area contributed by atoms with Gasteiger partial charge in [-0.15, -0.1) is 0 Å². The summed E-state index contributed by atoms with van der Waals surface area (Å²) in [5.74, 6) is -0.152. The second-order valence-electron chi connectivity index (χ2n) is 6.24. The van der Waals surface area contributed by atoms with E-state index in [0.717, 1.165) is 10.2 Å². The number of carbonyl (C=O) groups is 2. The highest BCUT2D eigenvalue weighted by Gasteiger charge is 2.13. The van der Waals surface area contributed by atoms with Crippen LogP contribution in [0.4, 0.5) is 0 Å². The Bertz CT molecular complexity index is 1070. The van der Waals surface area contributed by atoms with Gasteiger partial charge < -0.3 is 18.8 Å². The number of fused-ring (bicyclic) bond motifs is 1. The number of ether oxygens (including phenoxy) is 3. The Morgan fingerprint density at radius 3 is 2.60 bits per heavy atom. The lowest BCUT2D eigenvalue weighted by Gasteiger charge is -2.06. The molecule has 0 aliphatic rings. The van der Waals surface area contributed by atoms with Gasteiger partial charge in [0, 0.05) is 13.2 Å². The van der Waals surface area contributed by atoms with Crippen molar-refractivity contribution < 1.29 is 23.8 Å². The second-order valence-corrected chi connectivity index (χ2v) is 7.25. The maximum absolute atomic E-state index is 12.4. The highest BCUT2D eigenvalue weighted by atomic mass is 32.1. The molecular weight excluding hydrogens is 404 g/mol. The quantitative estimate of drug-likeness (QED) is 0.385. The smallest absolute Gasteiger partial charge is 0.338 e. The van der Waals surface area contributed by atoms with Gasteiger partial charge in [0.25, 0.3) is 5.91 Å². The Balaban J connectivity index is 1.89. The number of rotatable bonds is 9. The molecule has 0 saturated carbocycles. The van der Waals surface area contributed by atoms with E-state index in [1.807, 2.05) is 35.8 Å². The molecule has 0 aliphatic carbocycles. The highest BCUT2D eigenvalue weighted by Crippen LogP contribution is 2.20. The Kier molecular flexibility index (Phi) is 7.75. The molecule has 1 heterocycles. The van der Waals surface area contributed by atoms with Crippen molar-refractivity contribution in [3.8, 4) is 5.75 Å². The summed E-state index contributed by atoms with van der Waals surface area (Å²) in [6, 6.07) is 14.4. The van der Waals surface area contributed by atoms with Crippen molar-refractivity contribution in [3.05, 3.63) is 58.9 Å². The highest BCUT2D eigenvalue weighted by molar-refractivity contribution is 7.16. The van der Waals surface area contributed by atoms with Crippen LogP contribution in [0.2, 0.25) is 0 Å². The van der Waals surface area contributed by atoms with Crippen LogP contribution in [0, 0.1) is 0 Å². The summed E-state index contributed by atoms with van der Waals surface area (Å²) in [5.41, 5.74) is 1.34. The van der Waals surface area contributed by atoms with Crippen molar-refractivity contribution in [1.29, 1.82) is 0 Å². The Morgan fingerprint density at radius 1 is 1.07 bits per heavy atom. The maximum atomic E-state index is 12.4. The van der Waals surface area contributed by atoms with Crippen LogP contribution in [0.1, 0.15) is 24.2 Å². The first-order valence-electron chi connectivity index (χ1n) is 9.76. The van der Waals surface area contributed by atoms with Gasteiger partial charge in [-0.1, -0.05) is 29.5 Å². The molecule has 0 radical (unpaired) electrons. The molecule has 0 spiro atoms. The molecule has 8 heteroatoms. The third-order valence-electron chi connectivity index (χ3n) is 4.18. The fourth-order valence-electron chi connectivity index (χ4n) is 2.82. The molecule has 0 N–H and O–H groups in total. The van der Waals surface area contributed by atoms with Gasteiger partial charge in [-0.2, -0.15) is 4.99 Å². The molecule has 2 aromatic carbocycles. The first-order chi connectivity index (χ1) is 14.6. The van der Waals surface area contributed by atoms with Gasteiger partial charge in [0.15, 0.2) is 11.4 Å². The number of esters is 1. The molecule has 3 rings (SSSR count). The van der Waals surface area contributed by atoms with Gasteiger partial charge in [0.2, 0.25) is 0 Å². The summed E-state index contributed by atoms with van der Waals surface area (Å²) in [4.78, 5) is 29.2. The molecule has 0 aliphatic heterocycles. The van der Waals surface area contributed by atoms with E-state index < -0.39 is 0 Å². The number of para-hydroxylation sites is 1. The van der Waals surface area contributed by atoms with Crippen LogP contribution in [-0.2, 0) is 20.8 Å². The zero-order valence-electron chi connectivity index (χ0n) is 17.0. The van der Waals surface area contributed by atoms with Crippen molar-refractivity contribution in [2.45, 2.75) is 20.4 Å². The summed E-state index contributed by atoms with van der Waals surface area (Å²) in [6.07, 6.45) is 0.